The molecule has 0 bridgehead atoms. The molecule has 1 aromatic carbocycles. The standard InChI is InChI=1S/C20H28N2O6S/c1-4-8-21(15-7-9-29(25,26)13-15)20(24)14-10-19(23)22(12-14)17-11-16(27-2)5-6-18(17)28-3/h5-6,11,14-15H,4,7-10,12-13H2,1-3H3. The quantitative estimate of drug-likeness (QED) is 0.658. The van der Waals surface area contributed by atoms with Crippen molar-refractivity contribution in [1.29, 1.82) is 0 Å². The predicted molar refractivity (Wildman–Crippen MR) is 109 cm³/mol. The highest BCUT2D eigenvalue weighted by atomic mass is 32.2. The van der Waals surface area contributed by atoms with E-state index in [-0.39, 0.29) is 42.3 Å². The zero-order valence-corrected chi connectivity index (χ0v) is 17.9. The average Bonchev–Trinajstić information content (AvgIpc) is 3.26. The lowest BCUT2D eigenvalue weighted by Crippen LogP contribution is -2.45. The van der Waals surface area contributed by atoms with Gasteiger partial charge in [0.05, 0.1) is 37.3 Å². The molecule has 9 heteroatoms. The third-order valence-corrected chi connectivity index (χ3v) is 7.30. The average molecular weight is 425 g/mol. The molecule has 2 unspecified atom stereocenters. The van der Waals surface area contributed by atoms with Crippen LogP contribution in [0.3, 0.4) is 0 Å². The monoisotopic (exact) mass is 424 g/mol. The summed E-state index contributed by atoms with van der Waals surface area (Å²) in [6.45, 7) is 2.68. The molecule has 160 valence electrons. The third-order valence-electron chi connectivity index (χ3n) is 5.55. The number of benzene rings is 1. The number of nitrogens with zero attached hydrogens (tertiary/aromatic N) is 2. The Kier molecular flexibility index (Phi) is 6.36. The van der Waals surface area contributed by atoms with Crippen LogP contribution in [0.15, 0.2) is 18.2 Å². The van der Waals surface area contributed by atoms with Gasteiger partial charge in [-0.2, -0.15) is 0 Å². The van der Waals surface area contributed by atoms with Gasteiger partial charge in [0.15, 0.2) is 9.84 Å². The molecule has 29 heavy (non-hydrogen) atoms. The molecular formula is C20H28N2O6S. The van der Waals surface area contributed by atoms with E-state index in [9.17, 15) is 18.0 Å². The van der Waals surface area contributed by atoms with E-state index in [4.69, 9.17) is 9.47 Å². The van der Waals surface area contributed by atoms with Gasteiger partial charge in [-0.1, -0.05) is 6.92 Å². The first-order valence-corrected chi connectivity index (χ1v) is 11.6. The van der Waals surface area contributed by atoms with Crippen molar-refractivity contribution in [3.63, 3.8) is 0 Å². The van der Waals surface area contributed by atoms with Crippen LogP contribution in [0.4, 0.5) is 5.69 Å². The Hall–Kier alpha value is -2.29. The fourth-order valence-electron chi connectivity index (χ4n) is 4.08. The van der Waals surface area contributed by atoms with Gasteiger partial charge in [0.25, 0.3) is 0 Å². The number of carbonyl (C=O) groups excluding carboxylic acids is 2. The van der Waals surface area contributed by atoms with E-state index >= 15 is 0 Å². The van der Waals surface area contributed by atoms with Crippen molar-refractivity contribution in [2.45, 2.75) is 32.2 Å². The van der Waals surface area contributed by atoms with Crippen LogP contribution in [0.1, 0.15) is 26.2 Å². The van der Waals surface area contributed by atoms with Crippen molar-refractivity contribution < 1.29 is 27.5 Å². The van der Waals surface area contributed by atoms with Crippen molar-refractivity contribution in [3.8, 4) is 11.5 Å². The molecule has 2 atom stereocenters. The second kappa shape index (κ2) is 8.61. The van der Waals surface area contributed by atoms with Gasteiger partial charge in [0.2, 0.25) is 11.8 Å². The summed E-state index contributed by atoms with van der Waals surface area (Å²) in [5.41, 5.74) is 0.567. The molecule has 0 N–H and O–H groups in total. The van der Waals surface area contributed by atoms with Crippen molar-refractivity contribution in [3.05, 3.63) is 18.2 Å². The number of methoxy groups -OCH3 is 2. The number of hydrogen-bond acceptors (Lipinski definition) is 6. The number of anilines is 1. The Morgan fingerprint density at radius 2 is 2.03 bits per heavy atom. The van der Waals surface area contributed by atoms with Gasteiger partial charge in [-0.15, -0.1) is 0 Å². The van der Waals surface area contributed by atoms with Crippen LogP contribution < -0.4 is 14.4 Å². The smallest absolute Gasteiger partial charge is 0.228 e. The van der Waals surface area contributed by atoms with Crippen molar-refractivity contribution >= 4 is 27.3 Å². The van der Waals surface area contributed by atoms with E-state index in [1.807, 2.05) is 6.92 Å². The Balaban J connectivity index is 1.81. The highest BCUT2D eigenvalue weighted by Gasteiger charge is 2.41. The molecule has 2 heterocycles. The maximum Gasteiger partial charge on any atom is 0.228 e. The molecule has 2 amide bonds. The lowest BCUT2D eigenvalue weighted by molar-refractivity contribution is -0.137. The number of rotatable bonds is 7. The highest BCUT2D eigenvalue weighted by Crippen LogP contribution is 2.36. The Morgan fingerprint density at radius 3 is 2.62 bits per heavy atom. The molecule has 1 aromatic rings. The van der Waals surface area contributed by atoms with E-state index in [0.717, 1.165) is 6.42 Å². The Labute approximate surface area is 171 Å². The number of carbonyl (C=O) groups is 2. The number of hydrogen-bond donors (Lipinski definition) is 0. The molecule has 0 radical (unpaired) electrons. The molecular weight excluding hydrogens is 396 g/mol. The fraction of sp³-hybridized carbons (Fsp3) is 0.600. The maximum absolute atomic E-state index is 13.2. The molecule has 0 saturated carbocycles. The lowest BCUT2D eigenvalue weighted by Gasteiger charge is -2.30. The van der Waals surface area contributed by atoms with Crippen LogP contribution in [-0.2, 0) is 19.4 Å². The highest BCUT2D eigenvalue weighted by molar-refractivity contribution is 7.91. The second-order valence-corrected chi connectivity index (χ2v) is 9.76. The minimum absolute atomic E-state index is 0.00677. The van der Waals surface area contributed by atoms with Crippen LogP contribution in [0.2, 0.25) is 0 Å². The first-order chi connectivity index (χ1) is 13.8. The predicted octanol–water partition coefficient (Wildman–Crippen LogP) is 1.48. The second-order valence-electron chi connectivity index (χ2n) is 7.53. The molecule has 0 aliphatic carbocycles. The van der Waals surface area contributed by atoms with Crippen molar-refractivity contribution in [1.82, 2.24) is 4.90 Å². The molecule has 2 fully saturated rings. The molecule has 2 aliphatic heterocycles. The third kappa shape index (κ3) is 4.49. The summed E-state index contributed by atoms with van der Waals surface area (Å²) >= 11 is 0. The zero-order chi connectivity index (χ0) is 21.2. The summed E-state index contributed by atoms with van der Waals surface area (Å²) in [7, 11) is -0.0293. The zero-order valence-electron chi connectivity index (χ0n) is 17.1. The normalized spacial score (nSPS) is 23.3. The molecule has 0 spiro atoms. The number of ether oxygens (including phenoxy) is 2. The van der Waals surface area contributed by atoms with Gasteiger partial charge >= 0.3 is 0 Å². The summed E-state index contributed by atoms with van der Waals surface area (Å²) in [6, 6.07) is 4.89. The molecule has 2 aliphatic rings. The van der Waals surface area contributed by atoms with Crippen LogP contribution in [-0.4, -0.2) is 70.0 Å². The Morgan fingerprint density at radius 1 is 1.28 bits per heavy atom. The largest absolute Gasteiger partial charge is 0.497 e. The first kappa shape index (κ1) is 21.4. The van der Waals surface area contributed by atoms with E-state index in [2.05, 4.69) is 0 Å². The number of sulfone groups is 1. The van der Waals surface area contributed by atoms with Gasteiger partial charge in [-0.25, -0.2) is 8.42 Å². The van der Waals surface area contributed by atoms with Crippen molar-refractivity contribution in [2.24, 2.45) is 5.92 Å². The first-order valence-electron chi connectivity index (χ1n) is 9.83. The topological polar surface area (TPSA) is 93.2 Å². The molecule has 8 nitrogen and oxygen atoms in total. The van der Waals surface area contributed by atoms with Gasteiger partial charge in [0.1, 0.15) is 11.5 Å². The summed E-state index contributed by atoms with van der Waals surface area (Å²) in [6.07, 6.45) is 1.29. The summed E-state index contributed by atoms with van der Waals surface area (Å²) < 4.78 is 34.4. The van der Waals surface area contributed by atoms with E-state index < -0.39 is 15.8 Å². The molecule has 2 saturated heterocycles. The summed E-state index contributed by atoms with van der Waals surface area (Å²) in [5, 5.41) is 0. The molecule has 0 aromatic heterocycles. The Bertz CT molecular complexity index is 885. The summed E-state index contributed by atoms with van der Waals surface area (Å²) in [5.74, 6) is 0.423. The minimum Gasteiger partial charge on any atom is -0.497 e. The minimum atomic E-state index is -3.10. The van der Waals surface area contributed by atoms with E-state index in [0.29, 0.717) is 30.2 Å². The van der Waals surface area contributed by atoms with E-state index in [1.54, 1.807) is 35.1 Å². The van der Waals surface area contributed by atoms with E-state index in [1.165, 1.54) is 7.11 Å². The van der Waals surface area contributed by atoms with Crippen LogP contribution in [0.25, 0.3) is 0 Å². The van der Waals surface area contributed by atoms with Gasteiger partial charge < -0.3 is 19.3 Å². The van der Waals surface area contributed by atoms with Crippen LogP contribution in [0.5, 0.6) is 11.5 Å². The lowest BCUT2D eigenvalue weighted by atomic mass is 10.0. The maximum atomic E-state index is 13.2. The van der Waals surface area contributed by atoms with Crippen molar-refractivity contribution in [2.75, 3.05) is 43.7 Å². The van der Waals surface area contributed by atoms with Gasteiger partial charge in [0, 0.05) is 31.6 Å². The number of amides is 2. The van der Waals surface area contributed by atoms with Gasteiger partial charge in [-0.05, 0) is 25.0 Å². The fourth-order valence-corrected chi connectivity index (χ4v) is 5.81. The van der Waals surface area contributed by atoms with Gasteiger partial charge in [-0.3, -0.25) is 9.59 Å². The summed E-state index contributed by atoms with van der Waals surface area (Å²) in [4.78, 5) is 29.2. The molecule has 3 rings (SSSR count). The SMILES string of the molecule is CCCN(C(=O)C1CC(=O)N(c2cc(OC)ccc2OC)C1)C1CCS(=O)(=O)C1. The van der Waals surface area contributed by atoms with Crippen LogP contribution >= 0.6 is 0 Å². The van der Waals surface area contributed by atoms with Crippen LogP contribution in [0, 0.1) is 5.92 Å².